The molecule has 1 heterocycles. The van der Waals surface area contributed by atoms with Crippen LogP contribution < -0.4 is 16.4 Å². The number of hydrogen-bond acceptors (Lipinski definition) is 2. The number of carbonyl (C=O) groups excluding carboxylic acids is 1. The highest BCUT2D eigenvalue weighted by Crippen LogP contribution is 2.20. The van der Waals surface area contributed by atoms with Gasteiger partial charge in [0.25, 0.3) is 0 Å². The average molecular weight is 383 g/mol. The first kappa shape index (κ1) is 18.3. The second-order valence-electron chi connectivity index (χ2n) is 6.69. The van der Waals surface area contributed by atoms with Crippen molar-refractivity contribution >= 4 is 39.8 Å². The summed E-state index contributed by atoms with van der Waals surface area (Å²) in [5.74, 6) is 0.420. The van der Waals surface area contributed by atoms with Crippen LogP contribution >= 0.6 is 0 Å². The minimum atomic E-state index is -0.307. The Morgan fingerprint density at radius 2 is 1.59 bits per heavy atom. The maximum Gasteiger partial charge on any atom is 0.323 e. The van der Waals surface area contributed by atoms with Gasteiger partial charge in [0.05, 0.1) is 5.69 Å². The van der Waals surface area contributed by atoms with Crippen LogP contribution in [0.5, 0.6) is 0 Å². The van der Waals surface area contributed by atoms with Crippen LogP contribution in [0.3, 0.4) is 0 Å². The highest BCUT2D eigenvalue weighted by molar-refractivity contribution is 6.02. The summed E-state index contributed by atoms with van der Waals surface area (Å²) in [6, 6.07) is 24.3. The van der Waals surface area contributed by atoms with E-state index < -0.39 is 0 Å². The lowest BCUT2D eigenvalue weighted by Crippen LogP contribution is -2.19. The molecule has 0 fully saturated rings. The molecule has 6 heteroatoms. The van der Waals surface area contributed by atoms with Crippen LogP contribution in [-0.2, 0) is 7.05 Å². The van der Waals surface area contributed by atoms with E-state index in [0.29, 0.717) is 11.5 Å². The molecule has 0 aliphatic heterocycles. The third-order valence-electron chi connectivity index (χ3n) is 4.59. The lowest BCUT2D eigenvalue weighted by atomic mass is 10.2. The maximum atomic E-state index is 12.3. The third kappa shape index (κ3) is 4.27. The monoisotopic (exact) mass is 383 g/mol. The highest BCUT2D eigenvalue weighted by atomic mass is 16.2. The van der Waals surface area contributed by atoms with Gasteiger partial charge in [-0.2, -0.15) is 0 Å². The Hall–Kier alpha value is -4.06. The zero-order valence-corrected chi connectivity index (χ0v) is 16.0. The van der Waals surface area contributed by atoms with Gasteiger partial charge in [-0.15, -0.1) is 0 Å². The van der Waals surface area contributed by atoms with Crippen molar-refractivity contribution in [2.24, 2.45) is 17.8 Å². The van der Waals surface area contributed by atoms with Crippen molar-refractivity contribution in [1.29, 1.82) is 0 Å². The number of urea groups is 1. The Kier molecular flexibility index (Phi) is 4.99. The molecule has 1 aromatic heterocycles. The lowest BCUT2D eigenvalue weighted by molar-refractivity contribution is 0.262. The van der Waals surface area contributed by atoms with E-state index in [9.17, 15) is 4.79 Å². The number of anilines is 2. The van der Waals surface area contributed by atoms with E-state index in [-0.39, 0.29) is 6.03 Å². The topological polar surface area (TPSA) is 84.4 Å². The summed E-state index contributed by atoms with van der Waals surface area (Å²) < 4.78 is 2.04. The second-order valence-corrected chi connectivity index (χ2v) is 6.69. The molecule has 3 aromatic carbocycles. The zero-order valence-electron chi connectivity index (χ0n) is 16.0. The summed E-state index contributed by atoms with van der Waals surface area (Å²) in [6.07, 6.45) is 1.99. The minimum absolute atomic E-state index is 0.307. The van der Waals surface area contributed by atoms with Crippen molar-refractivity contribution in [3.8, 4) is 0 Å². The first-order valence-electron chi connectivity index (χ1n) is 9.21. The molecule has 0 spiro atoms. The summed E-state index contributed by atoms with van der Waals surface area (Å²) in [5.41, 5.74) is 10.2. The largest absolute Gasteiger partial charge is 0.383 e. The summed E-state index contributed by atoms with van der Waals surface area (Å²) in [4.78, 5) is 16.7. The van der Waals surface area contributed by atoms with Crippen LogP contribution in [0.1, 0.15) is 5.56 Å². The number of amidine groups is 1. The molecule has 4 rings (SSSR count). The first-order valence-corrected chi connectivity index (χ1v) is 9.21. The summed E-state index contributed by atoms with van der Waals surface area (Å²) in [5, 5.41) is 6.75. The van der Waals surface area contributed by atoms with Crippen molar-refractivity contribution in [2.75, 3.05) is 10.6 Å². The van der Waals surface area contributed by atoms with Crippen LogP contribution in [0, 0.1) is 0 Å². The molecule has 0 aliphatic rings. The molecule has 0 unspecified atom stereocenters. The van der Waals surface area contributed by atoms with Crippen LogP contribution in [0.4, 0.5) is 21.9 Å². The number of nitrogens with two attached hydrogens (primary N) is 1. The first-order chi connectivity index (χ1) is 14.1. The van der Waals surface area contributed by atoms with Crippen LogP contribution in [0.2, 0.25) is 0 Å². The standard InChI is InChI=1S/C23H21N5O/c1-28-14-13-17-15-20(11-12-21(17)28)27-23(29)26-19-9-7-16(8-10-19)22(24)25-18-5-3-2-4-6-18/h2-15H,1H3,(H2,24,25)(H2,26,27,29). The van der Waals surface area contributed by atoms with Gasteiger partial charge in [0.15, 0.2) is 0 Å². The normalized spacial score (nSPS) is 11.4. The molecule has 0 bridgehead atoms. The van der Waals surface area contributed by atoms with E-state index >= 15 is 0 Å². The Bertz CT molecular complexity index is 1180. The molecule has 0 saturated carbocycles. The Morgan fingerprint density at radius 3 is 2.34 bits per heavy atom. The number of aryl methyl sites for hydroxylation is 1. The van der Waals surface area contributed by atoms with E-state index in [1.165, 1.54) is 0 Å². The van der Waals surface area contributed by atoms with Crippen molar-refractivity contribution in [3.63, 3.8) is 0 Å². The minimum Gasteiger partial charge on any atom is -0.383 e. The number of amides is 2. The maximum absolute atomic E-state index is 12.3. The van der Waals surface area contributed by atoms with Gasteiger partial charge in [-0.05, 0) is 60.7 Å². The molecular weight excluding hydrogens is 362 g/mol. The number of hydrogen-bond donors (Lipinski definition) is 3. The SMILES string of the molecule is Cn1ccc2cc(NC(=O)Nc3ccc(C(N)=Nc4ccccc4)cc3)ccc21. The smallest absolute Gasteiger partial charge is 0.323 e. The van der Waals surface area contributed by atoms with Crippen molar-refractivity contribution in [3.05, 3.63) is 90.6 Å². The van der Waals surface area contributed by atoms with E-state index in [1.54, 1.807) is 12.1 Å². The number of nitrogens with one attached hydrogen (secondary N) is 2. The van der Waals surface area contributed by atoms with Gasteiger partial charge in [-0.1, -0.05) is 18.2 Å². The molecule has 0 radical (unpaired) electrons. The summed E-state index contributed by atoms with van der Waals surface area (Å²) >= 11 is 0. The lowest BCUT2D eigenvalue weighted by Gasteiger charge is -2.09. The van der Waals surface area contributed by atoms with Crippen LogP contribution in [0.25, 0.3) is 10.9 Å². The van der Waals surface area contributed by atoms with E-state index in [0.717, 1.165) is 27.8 Å². The van der Waals surface area contributed by atoms with E-state index in [2.05, 4.69) is 15.6 Å². The molecule has 0 aliphatic carbocycles. The Morgan fingerprint density at radius 1 is 0.897 bits per heavy atom. The molecule has 4 N–H and O–H groups in total. The number of fused-ring (bicyclic) bond motifs is 1. The van der Waals surface area contributed by atoms with Crippen LogP contribution in [0.15, 0.2) is 90.1 Å². The van der Waals surface area contributed by atoms with Crippen molar-refractivity contribution < 1.29 is 4.79 Å². The van der Waals surface area contributed by atoms with E-state index in [1.807, 2.05) is 84.5 Å². The molecule has 4 aromatic rings. The zero-order chi connectivity index (χ0) is 20.2. The molecule has 6 nitrogen and oxygen atoms in total. The van der Waals surface area contributed by atoms with Crippen molar-refractivity contribution in [2.45, 2.75) is 0 Å². The second kappa shape index (κ2) is 7.90. The number of carbonyl (C=O) groups is 1. The highest BCUT2D eigenvalue weighted by Gasteiger charge is 2.06. The number of benzene rings is 3. The van der Waals surface area contributed by atoms with Gasteiger partial charge in [0, 0.05) is 41.1 Å². The van der Waals surface area contributed by atoms with E-state index in [4.69, 9.17) is 5.73 Å². The Labute approximate surface area is 168 Å². The van der Waals surface area contributed by atoms with Gasteiger partial charge in [0.2, 0.25) is 0 Å². The molecule has 29 heavy (non-hydrogen) atoms. The number of para-hydroxylation sites is 1. The van der Waals surface area contributed by atoms with Gasteiger partial charge >= 0.3 is 6.03 Å². The van der Waals surface area contributed by atoms with Crippen molar-refractivity contribution in [1.82, 2.24) is 4.57 Å². The van der Waals surface area contributed by atoms with Gasteiger partial charge in [-0.25, -0.2) is 9.79 Å². The fourth-order valence-electron chi connectivity index (χ4n) is 3.08. The number of nitrogens with zero attached hydrogens (tertiary/aromatic N) is 2. The van der Waals surface area contributed by atoms with Crippen LogP contribution in [-0.4, -0.2) is 16.4 Å². The molecule has 0 atom stereocenters. The van der Waals surface area contributed by atoms with Gasteiger partial charge in [-0.3, -0.25) is 0 Å². The van der Waals surface area contributed by atoms with Gasteiger partial charge in [0.1, 0.15) is 5.84 Å². The Balaban J connectivity index is 1.41. The molecule has 0 saturated heterocycles. The number of rotatable bonds is 4. The number of aromatic nitrogens is 1. The number of aliphatic imine (C=N–C) groups is 1. The quantitative estimate of drug-likeness (QED) is 0.347. The molecular formula is C23H21N5O. The molecule has 144 valence electrons. The summed E-state index contributed by atoms with van der Waals surface area (Å²) in [7, 11) is 1.99. The predicted molar refractivity (Wildman–Crippen MR) is 119 cm³/mol. The average Bonchev–Trinajstić information content (AvgIpc) is 3.09. The summed E-state index contributed by atoms with van der Waals surface area (Å²) in [6.45, 7) is 0. The fourth-order valence-corrected chi connectivity index (χ4v) is 3.08. The molecule has 2 amide bonds. The fraction of sp³-hybridized carbons (Fsp3) is 0.0435. The predicted octanol–water partition coefficient (Wildman–Crippen LogP) is 4.86. The third-order valence-corrected chi connectivity index (χ3v) is 4.59. The van der Waals surface area contributed by atoms with Gasteiger partial charge < -0.3 is 20.9 Å².